The molecule has 2 heterocycles. The van der Waals surface area contributed by atoms with E-state index in [9.17, 15) is 13.2 Å². The lowest BCUT2D eigenvalue weighted by Crippen LogP contribution is -2.50. The number of unbranched alkanes of at least 4 members (excludes halogenated alkanes) is 1. The van der Waals surface area contributed by atoms with Crippen molar-refractivity contribution in [3.8, 4) is 5.88 Å². The first kappa shape index (κ1) is 23.0. The number of esters is 1. The Morgan fingerprint density at radius 1 is 1.16 bits per heavy atom. The molecule has 1 fully saturated rings. The van der Waals surface area contributed by atoms with Crippen LogP contribution >= 0.6 is 0 Å². The Kier molecular flexibility index (Phi) is 8.25. The summed E-state index contributed by atoms with van der Waals surface area (Å²) in [4.78, 5) is 16.6. The zero-order valence-corrected chi connectivity index (χ0v) is 18.5. The minimum Gasteiger partial charge on any atom is -0.481 e. The summed E-state index contributed by atoms with van der Waals surface area (Å²) in [5, 5.41) is 0. The average molecular weight is 448 g/mol. The van der Waals surface area contributed by atoms with Crippen molar-refractivity contribution in [2.24, 2.45) is 0 Å². The topological polar surface area (TPSA) is 97.8 Å². The predicted molar refractivity (Wildman–Crippen MR) is 118 cm³/mol. The smallest absolute Gasteiger partial charge is 0.324 e. The van der Waals surface area contributed by atoms with Crippen molar-refractivity contribution in [1.29, 1.82) is 0 Å². The van der Waals surface area contributed by atoms with Crippen LogP contribution in [0.4, 0.5) is 5.69 Å². The summed E-state index contributed by atoms with van der Waals surface area (Å²) in [6.45, 7) is 0.554. The van der Waals surface area contributed by atoms with E-state index in [0.717, 1.165) is 25.7 Å². The minimum absolute atomic E-state index is 0.271. The van der Waals surface area contributed by atoms with Gasteiger partial charge in [0.2, 0.25) is 5.88 Å². The van der Waals surface area contributed by atoms with Gasteiger partial charge in [-0.15, -0.1) is 0 Å². The third kappa shape index (κ3) is 6.67. The Balaban J connectivity index is 1.52. The fraction of sp³-hybridized carbons (Fsp3) is 0.455. The molecule has 1 saturated heterocycles. The Bertz CT molecular complexity index is 935. The summed E-state index contributed by atoms with van der Waals surface area (Å²) in [6.07, 6.45) is 5.85. The molecule has 31 heavy (non-hydrogen) atoms. The molecule has 1 aliphatic rings. The molecular weight excluding hydrogens is 418 g/mol. The number of ether oxygens (including phenoxy) is 2. The van der Waals surface area contributed by atoms with Crippen LogP contribution in [-0.4, -0.2) is 50.0 Å². The van der Waals surface area contributed by atoms with E-state index in [2.05, 4.69) is 21.8 Å². The minimum atomic E-state index is -3.92. The van der Waals surface area contributed by atoms with Gasteiger partial charge in [-0.2, -0.15) is 12.7 Å². The number of anilines is 1. The van der Waals surface area contributed by atoms with E-state index in [1.165, 1.54) is 23.2 Å². The predicted octanol–water partition coefficient (Wildman–Crippen LogP) is 3.17. The quantitative estimate of drug-likeness (QED) is 0.444. The van der Waals surface area contributed by atoms with E-state index in [4.69, 9.17) is 9.47 Å². The standard InChI is InChI=1S/C22H29N3O5S/c1-29-21-14-13-19(17-23-21)24-31(27,28)25-15-7-5-12-20(25)22(26)30-16-8-6-11-18-9-3-2-4-10-18/h2-4,9-10,13-14,17,20,24H,5-8,11-12,15-16H2,1H3/t20-/m0/s1. The number of pyridine rings is 1. The number of aromatic nitrogens is 1. The van der Waals surface area contributed by atoms with Gasteiger partial charge in [0.25, 0.3) is 0 Å². The summed E-state index contributed by atoms with van der Waals surface area (Å²) < 4.78 is 39.9. The zero-order chi connectivity index (χ0) is 22.1. The Morgan fingerprint density at radius 3 is 2.68 bits per heavy atom. The van der Waals surface area contributed by atoms with Crippen LogP contribution in [-0.2, 0) is 26.2 Å². The molecule has 2 aromatic rings. The molecule has 0 amide bonds. The zero-order valence-electron chi connectivity index (χ0n) is 17.7. The normalized spacial score (nSPS) is 17.1. The Hall–Kier alpha value is -2.65. The molecule has 1 aliphatic heterocycles. The number of carbonyl (C=O) groups is 1. The highest BCUT2D eigenvalue weighted by atomic mass is 32.2. The van der Waals surface area contributed by atoms with Crippen molar-refractivity contribution >= 4 is 21.9 Å². The SMILES string of the molecule is COc1ccc(NS(=O)(=O)N2CCCC[C@H]2C(=O)OCCCCc2ccccc2)cn1. The van der Waals surface area contributed by atoms with E-state index in [1.807, 2.05) is 18.2 Å². The molecule has 1 aromatic carbocycles. The maximum absolute atomic E-state index is 12.9. The molecule has 0 bridgehead atoms. The first-order chi connectivity index (χ1) is 15.0. The molecule has 1 N–H and O–H groups in total. The van der Waals surface area contributed by atoms with Crippen molar-refractivity contribution < 1.29 is 22.7 Å². The number of nitrogens with one attached hydrogen (secondary N) is 1. The highest BCUT2D eigenvalue weighted by Crippen LogP contribution is 2.23. The molecule has 168 valence electrons. The number of piperidine rings is 1. The molecule has 0 spiro atoms. The number of hydrogen-bond donors (Lipinski definition) is 1. The van der Waals surface area contributed by atoms with Crippen LogP contribution in [0.2, 0.25) is 0 Å². The van der Waals surface area contributed by atoms with Gasteiger partial charge in [-0.1, -0.05) is 30.3 Å². The lowest BCUT2D eigenvalue weighted by molar-refractivity contribution is -0.149. The molecule has 1 aromatic heterocycles. The van der Waals surface area contributed by atoms with Crippen LogP contribution in [0.25, 0.3) is 0 Å². The summed E-state index contributed by atoms with van der Waals surface area (Å²) in [5.41, 5.74) is 1.55. The Labute approximate surface area is 183 Å². The summed E-state index contributed by atoms with van der Waals surface area (Å²) in [5.74, 6) is -0.104. The molecular formula is C22H29N3O5S. The van der Waals surface area contributed by atoms with Crippen molar-refractivity contribution in [3.63, 3.8) is 0 Å². The van der Waals surface area contributed by atoms with Crippen LogP contribution in [0.5, 0.6) is 5.88 Å². The maximum atomic E-state index is 12.9. The lowest BCUT2D eigenvalue weighted by Gasteiger charge is -2.33. The van der Waals surface area contributed by atoms with Gasteiger partial charge in [0.05, 0.1) is 25.6 Å². The van der Waals surface area contributed by atoms with Crippen molar-refractivity contribution in [3.05, 3.63) is 54.2 Å². The monoisotopic (exact) mass is 447 g/mol. The highest BCUT2D eigenvalue weighted by Gasteiger charge is 2.37. The Morgan fingerprint density at radius 2 is 1.97 bits per heavy atom. The number of carbonyl (C=O) groups excluding carboxylic acids is 1. The number of rotatable bonds is 10. The van der Waals surface area contributed by atoms with Crippen molar-refractivity contribution in [1.82, 2.24) is 9.29 Å². The van der Waals surface area contributed by atoms with Crippen LogP contribution in [0.15, 0.2) is 48.7 Å². The fourth-order valence-corrected chi connectivity index (χ4v) is 4.97. The fourth-order valence-electron chi connectivity index (χ4n) is 3.54. The molecule has 1 atom stereocenters. The van der Waals surface area contributed by atoms with Gasteiger partial charge in [-0.25, -0.2) is 4.98 Å². The molecule has 0 aliphatic carbocycles. The van der Waals surface area contributed by atoms with Crippen LogP contribution in [0.3, 0.4) is 0 Å². The largest absolute Gasteiger partial charge is 0.481 e. The van der Waals surface area contributed by atoms with Gasteiger partial charge in [0.15, 0.2) is 0 Å². The molecule has 3 rings (SSSR count). The van der Waals surface area contributed by atoms with Gasteiger partial charge in [-0.05, 0) is 50.2 Å². The summed E-state index contributed by atoms with van der Waals surface area (Å²) in [7, 11) is -2.44. The third-order valence-electron chi connectivity index (χ3n) is 5.17. The number of hydrogen-bond acceptors (Lipinski definition) is 6. The van der Waals surface area contributed by atoms with Gasteiger partial charge < -0.3 is 9.47 Å². The number of methoxy groups -OCH3 is 1. The number of benzene rings is 1. The number of nitrogens with zero attached hydrogens (tertiary/aromatic N) is 2. The van der Waals surface area contributed by atoms with Crippen LogP contribution in [0.1, 0.15) is 37.7 Å². The molecule has 0 radical (unpaired) electrons. The van der Waals surface area contributed by atoms with Gasteiger partial charge >= 0.3 is 16.2 Å². The second-order valence-corrected chi connectivity index (χ2v) is 9.05. The third-order valence-corrected chi connectivity index (χ3v) is 6.72. The first-order valence-corrected chi connectivity index (χ1v) is 11.9. The van der Waals surface area contributed by atoms with Gasteiger partial charge in [0, 0.05) is 12.6 Å². The lowest BCUT2D eigenvalue weighted by atomic mass is 10.1. The molecule has 0 unspecified atom stereocenters. The van der Waals surface area contributed by atoms with Gasteiger partial charge in [-0.3, -0.25) is 9.52 Å². The number of aryl methyl sites for hydroxylation is 1. The van der Waals surface area contributed by atoms with E-state index in [-0.39, 0.29) is 13.2 Å². The van der Waals surface area contributed by atoms with Crippen LogP contribution in [0, 0.1) is 0 Å². The van der Waals surface area contributed by atoms with Gasteiger partial charge in [0.1, 0.15) is 6.04 Å². The van der Waals surface area contributed by atoms with Crippen molar-refractivity contribution in [2.75, 3.05) is 25.0 Å². The van der Waals surface area contributed by atoms with E-state index in [1.54, 1.807) is 12.1 Å². The second-order valence-electron chi connectivity index (χ2n) is 7.43. The van der Waals surface area contributed by atoms with E-state index < -0.39 is 22.2 Å². The summed E-state index contributed by atoms with van der Waals surface area (Å²) >= 11 is 0. The second kappa shape index (κ2) is 11.1. The average Bonchev–Trinajstić information content (AvgIpc) is 2.79. The first-order valence-electron chi connectivity index (χ1n) is 10.5. The highest BCUT2D eigenvalue weighted by molar-refractivity contribution is 7.90. The maximum Gasteiger partial charge on any atom is 0.324 e. The molecule has 0 saturated carbocycles. The van der Waals surface area contributed by atoms with Crippen molar-refractivity contribution in [2.45, 2.75) is 44.6 Å². The van der Waals surface area contributed by atoms with E-state index in [0.29, 0.717) is 24.4 Å². The molecule has 9 heteroatoms. The van der Waals surface area contributed by atoms with E-state index >= 15 is 0 Å². The molecule has 8 nitrogen and oxygen atoms in total. The van der Waals surface area contributed by atoms with Crippen LogP contribution < -0.4 is 9.46 Å². The summed E-state index contributed by atoms with van der Waals surface area (Å²) in [6, 6.07) is 12.4.